The Morgan fingerprint density at radius 2 is 2.25 bits per heavy atom. The van der Waals surface area contributed by atoms with E-state index in [1.165, 1.54) is 25.3 Å². The van der Waals surface area contributed by atoms with Crippen LogP contribution < -0.4 is 10.1 Å². The van der Waals surface area contributed by atoms with Gasteiger partial charge in [-0.25, -0.2) is 0 Å². The summed E-state index contributed by atoms with van der Waals surface area (Å²) in [5.41, 5.74) is -0.462. The van der Waals surface area contributed by atoms with Crippen LogP contribution in [0.3, 0.4) is 0 Å². The standard InChI is InChI=1S/C13H18N2O5/c1-3-5-9(16)8-14-13(17)12-10(15(18)19)6-4-7-11(12)20-2/h4,6-7,9,16H,3,5,8H2,1-2H3,(H,14,17). The highest BCUT2D eigenvalue weighted by molar-refractivity contribution is 6.00. The van der Waals surface area contributed by atoms with E-state index < -0.39 is 16.9 Å². The third-order valence-electron chi connectivity index (χ3n) is 2.77. The second-order valence-electron chi connectivity index (χ2n) is 4.26. The first-order chi connectivity index (χ1) is 9.51. The molecule has 0 saturated carbocycles. The molecule has 110 valence electrons. The maximum atomic E-state index is 12.1. The van der Waals surface area contributed by atoms with Gasteiger partial charge in [-0.2, -0.15) is 0 Å². The molecule has 1 rings (SSSR count). The molecule has 0 aliphatic heterocycles. The highest BCUT2D eigenvalue weighted by atomic mass is 16.6. The van der Waals surface area contributed by atoms with Gasteiger partial charge in [0, 0.05) is 12.6 Å². The number of rotatable bonds is 7. The Hall–Kier alpha value is -2.15. The maximum absolute atomic E-state index is 12.1. The van der Waals surface area contributed by atoms with E-state index in [4.69, 9.17) is 4.74 Å². The number of ether oxygens (including phenoxy) is 1. The van der Waals surface area contributed by atoms with Crippen molar-refractivity contribution in [1.82, 2.24) is 5.32 Å². The topological polar surface area (TPSA) is 102 Å². The van der Waals surface area contributed by atoms with Crippen molar-refractivity contribution in [2.45, 2.75) is 25.9 Å². The summed E-state index contributed by atoms with van der Waals surface area (Å²) >= 11 is 0. The molecule has 7 heteroatoms. The van der Waals surface area contributed by atoms with Gasteiger partial charge in [-0.3, -0.25) is 14.9 Å². The van der Waals surface area contributed by atoms with Crippen molar-refractivity contribution in [2.24, 2.45) is 0 Å². The van der Waals surface area contributed by atoms with Crippen molar-refractivity contribution < 1.29 is 19.6 Å². The van der Waals surface area contributed by atoms with Crippen LogP contribution in [0.25, 0.3) is 0 Å². The fourth-order valence-corrected chi connectivity index (χ4v) is 1.80. The second kappa shape index (κ2) is 7.44. The zero-order valence-corrected chi connectivity index (χ0v) is 11.5. The smallest absolute Gasteiger partial charge is 0.285 e. The normalized spacial score (nSPS) is 11.8. The van der Waals surface area contributed by atoms with Crippen LogP contribution in [0.1, 0.15) is 30.1 Å². The van der Waals surface area contributed by atoms with Gasteiger partial charge in [0.25, 0.3) is 11.6 Å². The van der Waals surface area contributed by atoms with Crippen molar-refractivity contribution >= 4 is 11.6 Å². The molecule has 0 heterocycles. The van der Waals surface area contributed by atoms with Gasteiger partial charge in [0.15, 0.2) is 5.56 Å². The summed E-state index contributed by atoms with van der Waals surface area (Å²) in [5, 5.41) is 23.0. The minimum Gasteiger partial charge on any atom is -0.496 e. The van der Waals surface area contributed by atoms with Gasteiger partial charge in [-0.05, 0) is 12.5 Å². The summed E-state index contributed by atoms with van der Waals surface area (Å²) in [5.74, 6) is -0.508. The lowest BCUT2D eigenvalue weighted by atomic mass is 10.1. The minimum atomic E-state index is -0.669. The molecule has 0 fully saturated rings. The highest BCUT2D eigenvalue weighted by Crippen LogP contribution is 2.27. The molecular formula is C13H18N2O5. The zero-order chi connectivity index (χ0) is 15.1. The molecule has 1 amide bonds. The number of nitrogens with one attached hydrogen (secondary N) is 1. The molecule has 20 heavy (non-hydrogen) atoms. The lowest BCUT2D eigenvalue weighted by Gasteiger charge is -2.12. The molecule has 0 aliphatic carbocycles. The monoisotopic (exact) mass is 282 g/mol. The first kappa shape index (κ1) is 15.9. The zero-order valence-electron chi connectivity index (χ0n) is 11.5. The van der Waals surface area contributed by atoms with E-state index in [0.29, 0.717) is 6.42 Å². The van der Waals surface area contributed by atoms with Gasteiger partial charge >= 0.3 is 0 Å². The van der Waals surface area contributed by atoms with Crippen LogP contribution in [-0.4, -0.2) is 35.7 Å². The van der Waals surface area contributed by atoms with Crippen LogP contribution >= 0.6 is 0 Å². The number of aliphatic hydroxyl groups is 1. The van der Waals surface area contributed by atoms with Crippen molar-refractivity contribution in [3.63, 3.8) is 0 Å². The van der Waals surface area contributed by atoms with Crippen LogP contribution in [0.2, 0.25) is 0 Å². The van der Waals surface area contributed by atoms with Crippen LogP contribution in [0, 0.1) is 10.1 Å². The molecule has 0 radical (unpaired) electrons. The quantitative estimate of drug-likeness (QED) is 0.582. The number of aliphatic hydroxyl groups excluding tert-OH is 1. The van der Waals surface area contributed by atoms with Crippen LogP contribution in [0.4, 0.5) is 5.69 Å². The molecule has 0 aromatic heterocycles. The number of carbonyl (C=O) groups excluding carboxylic acids is 1. The third kappa shape index (κ3) is 3.92. The minimum absolute atomic E-state index is 0.0435. The van der Waals surface area contributed by atoms with Crippen molar-refractivity contribution in [3.05, 3.63) is 33.9 Å². The van der Waals surface area contributed by atoms with Crippen LogP contribution in [0.5, 0.6) is 5.75 Å². The largest absolute Gasteiger partial charge is 0.496 e. The van der Waals surface area contributed by atoms with Gasteiger partial charge in [-0.1, -0.05) is 19.4 Å². The molecule has 0 aliphatic rings. The van der Waals surface area contributed by atoms with E-state index in [-0.39, 0.29) is 23.5 Å². The fraction of sp³-hybridized carbons (Fsp3) is 0.462. The summed E-state index contributed by atoms with van der Waals surface area (Å²) in [6.45, 7) is 1.96. The summed E-state index contributed by atoms with van der Waals surface area (Å²) in [6.07, 6.45) is 0.665. The maximum Gasteiger partial charge on any atom is 0.285 e. The number of hydrogen-bond donors (Lipinski definition) is 2. The van der Waals surface area contributed by atoms with E-state index in [0.717, 1.165) is 6.42 Å². The van der Waals surface area contributed by atoms with E-state index in [1.807, 2.05) is 6.92 Å². The van der Waals surface area contributed by atoms with E-state index in [2.05, 4.69) is 5.32 Å². The predicted molar refractivity (Wildman–Crippen MR) is 72.9 cm³/mol. The van der Waals surface area contributed by atoms with E-state index in [1.54, 1.807) is 0 Å². The fourth-order valence-electron chi connectivity index (χ4n) is 1.80. The lowest BCUT2D eigenvalue weighted by Crippen LogP contribution is -2.32. The molecule has 1 aromatic carbocycles. The van der Waals surface area contributed by atoms with Crippen molar-refractivity contribution in [2.75, 3.05) is 13.7 Å². The predicted octanol–water partition coefficient (Wildman–Crippen LogP) is 1.49. The molecule has 1 atom stereocenters. The van der Waals surface area contributed by atoms with Crippen molar-refractivity contribution in [1.29, 1.82) is 0 Å². The SMILES string of the molecule is CCCC(O)CNC(=O)c1c(OC)cccc1[N+](=O)[O-]. The van der Waals surface area contributed by atoms with Gasteiger partial charge in [0.1, 0.15) is 5.75 Å². The van der Waals surface area contributed by atoms with Gasteiger partial charge in [0.2, 0.25) is 0 Å². The number of nitrogens with zero attached hydrogens (tertiary/aromatic N) is 1. The number of nitro groups is 1. The number of benzene rings is 1. The Morgan fingerprint density at radius 3 is 2.80 bits per heavy atom. The average Bonchev–Trinajstić information content (AvgIpc) is 2.44. The highest BCUT2D eigenvalue weighted by Gasteiger charge is 2.24. The number of nitro benzene ring substituents is 1. The number of amides is 1. The molecule has 0 bridgehead atoms. The molecule has 1 aromatic rings. The Labute approximate surface area is 116 Å². The number of methoxy groups -OCH3 is 1. The summed E-state index contributed by atoms with van der Waals surface area (Å²) in [4.78, 5) is 22.4. The Bertz CT molecular complexity index is 490. The third-order valence-corrected chi connectivity index (χ3v) is 2.77. The summed E-state index contributed by atoms with van der Waals surface area (Å²) in [7, 11) is 1.34. The number of carbonyl (C=O) groups is 1. The molecule has 1 unspecified atom stereocenters. The second-order valence-corrected chi connectivity index (χ2v) is 4.26. The molecular weight excluding hydrogens is 264 g/mol. The van der Waals surface area contributed by atoms with Gasteiger partial charge < -0.3 is 15.2 Å². The molecule has 0 saturated heterocycles. The van der Waals surface area contributed by atoms with E-state index >= 15 is 0 Å². The Kier molecular flexibility index (Phi) is 5.92. The summed E-state index contributed by atoms with van der Waals surface area (Å²) < 4.78 is 4.98. The van der Waals surface area contributed by atoms with Crippen LogP contribution in [-0.2, 0) is 0 Å². The average molecular weight is 282 g/mol. The van der Waals surface area contributed by atoms with Gasteiger partial charge in [0.05, 0.1) is 18.1 Å². The molecule has 0 spiro atoms. The first-order valence-electron chi connectivity index (χ1n) is 6.28. The number of hydrogen-bond acceptors (Lipinski definition) is 5. The lowest BCUT2D eigenvalue weighted by molar-refractivity contribution is -0.385. The first-order valence-corrected chi connectivity index (χ1v) is 6.28. The van der Waals surface area contributed by atoms with Crippen molar-refractivity contribution in [3.8, 4) is 5.75 Å². The molecule has 2 N–H and O–H groups in total. The van der Waals surface area contributed by atoms with E-state index in [9.17, 15) is 20.0 Å². The Morgan fingerprint density at radius 1 is 1.55 bits per heavy atom. The Balaban J connectivity index is 2.93. The van der Waals surface area contributed by atoms with Gasteiger partial charge in [-0.15, -0.1) is 0 Å². The molecule has 7 nitrogen and oxygen atoms in total. The summed E-state index contributed by atoms with van der Waals surface area (Å²) in [6, 6.07) is 4.16. The van der Waals surface area contributed by atoms with Crippen LogP contribution in [0.15, 0.2) is 18.2 Å².